The Balaban J connectivity index is 2.24. The van der Waals surface area contributed by atoms with Crippen molar-refractivity contribution < 1.29 is 41.0 Å². The number of ether oxygens (including phenoxy) is 1. The molecule has 0 amide bonds. The van der Waals surface area contributed by atoms with Gasteiger partial charge in [-0.1, -0.05) is 25.1 Å². The smallest absolute Gasteiger partial charge is 0.416 e. The predicted octanol–water partition coefficient (Wildman–Crippen LogP) is 5.61. The third-order valence-electron chi connectivity index (χ3n) is 4.25. The fraction of sp³-hybridized carbons (Fsp3) is 0.316. The van der Waals surface area contributed by atoms with Gasteiger partial charge in [-0.05, 0) is 35.9 Å². The Morgan fingerprint density at radius 2 is 1.54 bits per heavy atom. The number of halogens is 6. The molecule has 3 nitrogen and oxygen atoms in total. The minimum atomic E-state index is -4.60. The molecule has 0 saturated carbocycles. The van der Waals surface area contributed by atoms with E-state index in [0.717, 1.165) is 42.5 Å². The van der Waals surface area contributed by atoms with E-state index in [4.69, 9.17) is 4.74 Å². The zero-order valence-corrected chi connectivity index (χ0v) is 14.5. The zero-order chi connectivity index (χ0) is 21.1. The van der Waals surface area contributed by atoms with Gasteiger partial charge < -0.3 is 9.84 Å². The second-order valence-electron chi connectivity index (χ2n) is 6.19. The van der Waals surface area contributed by atoms with Crippen molar-refractivity contribution in [2.45, 2.75) is 25.2 Å². The Kier molecular flexibility index (Phi) is 6.26. The summed E-state index contributed by atoms with van der Waals surface area (Å²) in [5.41, 5.74) is -1.70. The minimum Gasteiger partial charge on any atom is -0.493 e. The van der Waals surface area contributed by atoms with Crippen LogP contribution in [0.25, 0.3) is 0 Å². The molecule has 2 rings (SSSR count). The van der Waals surface area contributed by atoms with E-state index >= 15 is 0 Å². The minimum absolute atomic E-state index is 0.0440. The molecule has 0 saturated heterocycles. The van der Waals surface area contributed by atoms with Gasteiger partial charge in [0.05, 0.1) is 23.7 Å². The quantitative estimate of drug-likeness (QED) is 0.635. The fourth-order valence-corrected chi connectivity index (χ4v) is 2.57. The molecule has 0 fully saturated rings. The molecule has 0 heterocycles. The Hall–Kier alpha value is -2.71. The Bertz CT molecular complexity index is 812. The maximum absolute atomic E-state index is 12.9. The summed E-state index contributed by atoms with van der Waals surface area (Å²) in [5, 5.41) is 9.26. The van der Waals surface area contributed by atoms with Gasteiger partial charge in [0, 0.05) is 5.92 Å². The molecule has 0 aliphatic rings. The Morgan fingerprint density at radius 1 is 0.964 bits per heavy atom. The lowest BCUT2D eigenvalue weighted by molar-refractivity contribution is -0.142. The van der Waals surface area contributed by atoms with Crippen molar-refractivity contribution in [3.63, 3.8) is 0 Å². The number of rotatable bonds is 6. The first kappa shape index (κ1) is 21.6. The molecule has 2 unspecified atom stereocenters. The van der Waals surface area contributed by atoms with E-state index in [1.54, 1.807) is 0 Å². The molecule has 28 heavy (non-hydrogen) atoms. The van der Waals surface area contributed by atoms with Crippen molar-refractivity contribution >= 4 is 5.97 Å². The van der Waals surface area contributed by atoms with Crippen molar-refractivity contribution in [2.24, 2.45) is 5.92 Å². The fourth-order valence-electron chi connectivity index (χ4n) is 2.57. The highest BCUT2D eigenvalue weighted by Gasteiger charge is 2.33. The van der Waals surface area contributed by atoms with Crippen molar-refractivity contribution in [1.29, 1.82) is 0 Å². The maximum Gasteiger partial charge on any atom is 0.416 e. The number of aliphatic carboxylic acids is 1. The monoisotopic (exact) mass is 406 g/mol. The standard InChI is InChI=1S/C19H16F6O3/c1-11(17(26)27)16(12-3-2-4-14(9-12)19(23,24)25)10-28-15-7-5-13(6-8-15)18(20,21)22/h2-9,11,16H,10H2,1H3,(H,26,27). The van der Waals surface area contributed by atoms with Gasteiger partial charge in [0.25, 0.3) is 0 Å². The topological polar surface area (TPSA) is 46.5 Å². The van der Waals surface area contributed by atoms with Gasteiger partial charge in [0.2, 0.25) is 0 Å². The van der Waals surface area contributed by atoms with E-state index in [-0.39, 0.29) is 17.9 Å². The van der Waals surface area contributed by atoms with Gasteiger partial charge in [0.15, 0.2) is 0 Å². The molecule has 0 aliphatic carbocycles. The van der Waals surface area contributed by atoms with Crippen LogP contribution in [0.1, 0.15) is 29.5 Å². The highest BCUT2D eigenvalue weighted by atomic mass is 19.4. The first-order chi connectivity index (χ1) is 12.9. The van der Waals surface area contributed by atoms with Crippen LogP contribution in [0.2, 0.25) is 0 Å². The summed E-state index contributed by atoms with van der Waals surface area (Å²) in [7, 11) is 0. The molecule has 2 aromatic rings. The Labute approximate surface area is 156 Å². The average Bonchev–Trinajstić information content (AvgIpc) is 2.61. The summed E-state index contributed by atoms with van der Waals surface area (Å²) < 4.78 is 81.9. The molecule has 1 N–H and O–H groups in total. The van der Waals surface area contributed by atoms with Crippen LogP contribution in [0, 0.1) is 5.92 Å². The predicted molar refractivity (Wildman–Crippen MR) is 87.9 cm³/mol. The molecule has 0 bridgehead atoms. The second kappa shape index (κ2) is 8.12. The molecule has 0 radical (unpaired) electrons. The van der Waals surface area contributed by atoms with Crippen LogP contribution < -0.4 is 4.74 Å². The lowest BCUT2D eigenvalue weighted by Gasteiger charge is -2.23. The van der Waals surface area contributed by atoms with Crippen molar-refractivity contribution in [1.82, 2.24) is 0 Å². The number of hydrogen-bond acceptors (Lipinski definition) is 2. The van der Waals surface area contributed by atoms with Gasteiger partial charge in [-0.25, -0.2) is 0 Å². The van der Waals surface area contributed by atoms with Gasteiger partial charge in [-0.15, -0.1) is 0 Å². The molecule has 2 atom stereocenters. The van der Waals surface area contributed by atoms with Crippen LogP contribution in [0.4, 0.5) is 26.3 Å². The molecular formula is C19H16F6O3. The van der Waals surface area contributed by atoms with Gasteiger partial charge >= 0.3 is 18.3 Å². The number of hydrogen-bond donors (Lipinski definition) is 1. The van der Waals surface area contributed by atoms with Crippen LogP contribution in [-0.4, -0.2) is 17.7 Å². The zero-order valence-electron chi connectivity index (χ0n) is 14.5. The van der Waals surface area contributed by atoms with Gasteiger partial charge in [-0.2, -0.15) is 26.3 Å². The molecule has 0 aromatic heterocycles. The Morgan fingerprint density at radius 3 is 2.04 bits per heavy atom. The molecule has 9 heteroatoms. The van der Waals surface area contributed by atoms with E-state index in [0.29, 0.717) is 0 Å². The number of alkyl halides is 6. The van der Waals surface area contributed by atoms with E-state index in [2.05, 4.69) is 0 Å². The lowest BCUT2D eigenvalue weighted by atomic mass is 9.87. The number of carboxylic acids is 1. The first-order valence-electron chi connectivity index (χ1n) is 8.09. The third kappa shape index (κ3) is 5.40. The third-order valence-corrected chi connectivity index (χ3v) is 4.25. The van der Waals surface area contributed by atoms with Crippen LogP contribution in [0.5, 0.6) is 5.75 Å². The SMILES string of the molecule is CC(C(=O)O)C(COc1ccc(C(F)(F)F)cc1)c1cccc(C(F)(F)F)c1. The highest BCUT2D eigenvalue weighted by Crippen LogP contribution is 2.34. The maximum atomic E-state index is 12.9. The van der Waals surface area contributed by atoms with E-state index in [9.17, 15) is 36.2 Å². The van der Waals surface area contributed by atoms with Crippen LogP contribution in [0.3, 0.4) is 0 Å². The van der Waals surface area contributed by atoms with Crippen LogP contribution in [0.15, 0.2) is 48.5 Å². The first-order valence-corrected chi connectivity index (χ1v) is 8.09. The number of carboxylic acid groups (broad SMARTS) is 1. The van der Waals surface area contributed by atoms with Gasteiger partial charge in [0.1, 0.15) is 5.75 Å². The van der Waals surface area contributed by atoms with E-state index in [1.807, 2.05) is 0 Å². The second-order valence-corrected chi connectivity index (χ2v) is 6.19. The van der Waals surface area contributed by atoms with Crippen molar-refractivity contribution in [2.75, 3.05) is 6.61 Å². The van der Waals surface area contributed by atoms with E-state index < -0.39 is 41.3 Å². The summed E-state index contributed by atoms with van der Waals surface area (Å²) in [6.07, 6.45) is -9.11. The normalized spacial score (nSPS) is 14.4. The van der Waals surface area contributed by atoms with E-state index in [1.165, 1.54) is 13.0 Å². The summed E-state index contributed by atoms with van der Waals surface area (Å²) in [6, 6.07) is 7.97. The highest BCUT2D eigenvalue weighted by molar-refractivity contribution is 5.71. The largest absolute Gasteiger partial charge is 0.493 e. The molecule has 0 spiro atoms. The van der Waals surface area contributed by atoms with Crippen molar-refractivity contribution in [3.05, 3.63) is 65.2 Å². The molecule has 152 valence electrons. The average molecular weight is 406 g/mol. The number of benzene rings is 2. The number of carbonyl (C=O) groups is 1. The van der Waals surface area contributed by atoms with Gasteiger partial charge in [-0.3, -0.25) is 4.79 Å². The summed E-state index contributed by atoms with van der Waals surface area (Å²) in [4.78, 5) is 11.4. The van der Waals surface area contributed by atoms with Crippen LogP contribution in [-0.2, 0) is 17.1 Å². The molecule has 0 aliphatic heterocycles. The molecular weight excluding hydrogens is 390 g/mol. The van der Waals surface area contributed by atoms with Crippen molar-refractivity contribution in [3.8, 4) is 5.75 Å². The molecule has 2 aromatic carbocycles. The summed E-state index contributed by atoms with van der Waals surface area (Å²) in [5.74, 6) is -3.22. The summed E-state index contributed by atoms with van der Waals surface area (Å²) in [6.45, 7) is 1.00. The lowest BCUT2D eigenvalue weighted by Crippen LogP contribution is -2.24. The summed E-state index contributed by atoms with van der Waals surface area (Å²) >= 11 is 0. The van der Waals surface area contributed by atoms with Crippen LogP contribution >= 0.6 is 0 Å².